The minimum atomic E-state index is 0.394. The first-order chi connectivity index (χ1) is 10.9. The summed E-state index contributed by atoms with van der Waals surface area (Å²) in [5, 5.41) is 0.731. The molecule has 0 heterocycles. The molecule has 0 saturated carbocycles. The number of hydrogen-bond acceptors (Lipinski definition) is 3. The van der Waals surface area contributed by atoms with E-state index in [-0.39, 0.29) is 0 Å². The molecule has 0 aliphatic heterocycles. The van der Waals surface area contributed by atoms with Gasteiger partial charge in [-0.1, -0.05) is 56.5 Å². The van der Waals surface area contributed by atoms with Gasteiger partial charge in [0.25, 0.3) is 0 Å². The number of rotatable bonds is 7. The molecule has 1 rings (SSSR count). The largest absolute Gasteiger partial charge is 0.493 e. The molecule has 3 nitrogen and oxygen atoms in total. The van der Waals surface area contributed by atoms with Gasteiger partial charge in [0.2, 0.25) is 0 Å². The SMILES string of the molecule is C=CCO/C(CC)=C(/C=O)C(=C)C=C.Cc1ccc(N)cc1Cl. The Bertz CT molecular complexity index is 603. The van der Waals surface area contributed by atoms with Crippen molar-refractivity contribution in [1.29, 1.82) is 0 Å². The molecule has 0 aliphatic rings. The molecule has 124 valence electrons. The molecule has 1 aromatic carbocycles. The van der Waals surface area contributed by atoms with Gasteiger partial charge in [-0.15, -0.1) is 0 Å². The van der Waals surface area contributed by atoms with Gasteiger partial charge < -0.3 is 10.5 Å². The van der Waals surface area contributed by atoms with Crippen molar-refractivity contribution in [3.63, 3.8) is 0 Å². The molecule has 4 heteroatoms. The van der Waals surface area contributed by atoms with Crippen molar-refractivity contribution < 1.29 is 9.53 Å². The van der Waals surface area contributed by atoms with Crippen molar-refractivity contribution in [3.8, 4) is 0 Å². The molecule has 0 aliphatic carbocycles. The maximum absolute atomic E-state index is 10.8. The Morgan fingerprint density at radius 1 is 1.39 bits per heavy atom. The predicted octanol–water partition coefficient (Wildman–Crippen LogP) is 5.02. The van der Waals surface area contributed by atoms with Gasteiger partial charge >= 0.3 is 0 Å². The van der Waals surface area contributed by atoms with Crippen LogP contribution in [-0.4, -0.2) is 12.9 Å². The Morgan fingerprint density at radius 3 is 2.43 bits per heavy atom. The van der Waals surface area contributed by atoms with E-state index in [2.05, 4.69) is 19.7 Å². The Hall–Kier alpha value is -2.26. The van der Waals surface area contributed by atoms with Crippen LogP contribution in [0, 0.1) is 6.92 Å². The molecule has 0 fully saturated rings. The average Bonchev–Trinajstić information content (AvgIpc) is 2.55. The van der Waals surface area contributed by atoms with Gasteiger partial charge in [-0.3, -0.25) is 4.79 Å². The van der Waals surface area contributed by atoms with Crippen molar-refractivity contribution in [2.45, 2.75) is 20.3 Å². The molecular formula is C19H24ClNO2. The Morgan fingerprint density at radius 2 is 2.04 bits per heavy atom. The van der Waals surface area contributed by atoms with E-state index in [0.29, 0.717) is 35.6 Å². The molecule has 0 atom stereocenters. The van der Waals surface area contributed by atoms with E-state index in [1.165, 1.54) is 6.08 Å². The highest BCUT2D eigenvalue weighted by atomic mass is 35.5. The van der Waals surface area contributed by atoms with E-state index in [0.717, 1.165) is 16.9 Å². The van der Waals surface area contributed by atoms with E-state index in [1.807, 2.05) is 26.0 Å². The van der Waals surface area contributed by atoms with E-state index in [1.54, 1.807) is 12.1 Å². The summed E-state index contributed by atoms with van der Waals surface area (Å²) in [5.74, 6) is 0.629. The lowest BCUT2D eigenvalue weighted by molar-refractivity contribution is -0.104. The van der Waals surface area contributed by atoms with Gasteiger partial charge in [0, 0.05) is 17.1 Å². The van der Waals surface area contributed by atoms with E-state index >= 15 is 0 Å². The molecule has 2 N–H and O–H groups in total. The summed E-state index contributed by atoms with van der Waals surface area (Å²) in [7, 11) is 0. The summed E-state index contributed by atoms with van der Waals surface area (Å²) in [6.07, 6.45) is 4.56. The molecule has 0 spiro atoms. The molecule has 0 amide bonds. The number of aryl methyl sites for hydroxylation is 1. The van der Waals surface area contributed by atoms with E-state index in [4.69, 9.17) is 22.1 Å². The number of halogens is 1. The van der Waals surface area contributed by atoms with Gasteiger partial charge in [0.15, 0.2) is 6.29 Å². The number of nitrogen functional groups attached to an aromatic ring is 1. The van der Waals surface area contributed by atoms with Gasteiger partial charge in [-0.05, 0) is 30.2 Å². The third-order valence-electron chi connectivity index (χ3n) is 2.90. The zero-order chi connectivity index (χ0) is 17.8. The third kappa shape index (κ3) is 7.52. The predicted molar refractivity (Wildman–Crippen MR) is 99.5 cm³/mol. The minimum Gasteiger partial charge on any atom is -0.493 e. The van der Waals surface area contributed by atoms with Gasteiger partial charge in [-0.2, -0.15) is 0 Å². The molecule has 23 heavy (non-hydrogen) atoms. The smallest absolute Gasteiger partial charge is 0.154 e. The average molecular weight is 334 g/mol. The summed E-state index contributed by atoms with van der Waals surface area (Å²) in [6, 6.07) is 5.48. The summed E-state index contributed by atoms with van der Waals surface area (Å²) in [4.78, 5) is 10.8. The summed E-state index contributed by atoms with van der Waals surface area (Å²) >= 11 is 5.73. The maximum Gasteiger partial charge on any atom is 0.154 e. The van der Waals surface area contributed by atoms with Gasteiger partial charge in [0.1, 0.15) is 12.4 Å². The Kier molecular flexibility index (Phi) is 10.2. The van der Waals surface area contributed by atoms with Crippen LogP contribution < -0.4 is 5.73 Å². The minimum absolute atomic E-state index is 0.394. The topological polar surface area (TPSA) is 52.3 Å². The zero-order valence-electron chi connectivity index (χ0n) is 13.8. The van der Waals surface area contributed by atoms with E-state index in [9.17, 15) is 4.79 Å². The van der Waals surface area contributed by atoms with Crippen molar-refractivity contribution >= 4 is 23.6 Å². The number of aldehydes is 1. The number of anilines is 1. The van der Waals surface area contributed by atoms with Crippen molar-refractivity contribution in [1.82, 2.24) is 0 Å². The fourth-order valence-electron chi connectivity index (χ4n) is 1.57. The number of carbonyl (C=O) groups is 1. The second-order valence-electron chi connectivity index (χ2n) is 4.65. The van der Waals surface area contributed by atoms with Crippen LogP contribution in [0.25, 0.3) is 0 Å². The number of allylic oxidation sites excluding steroid dienone is 4. The third-order valence-corrected chi connectivity index (χ3v) is 3.31. The Labute approximate surface area is 143 Å². The number of nitrogens with two attached hydrogens (primary N) is 1. The fraction of sp³-hybridized carbons (Fsp3) is 0.211. The number of hydrogen-bond donors (Lipinski definition) is 1. The quantitative estimate of drug-likeness (QED) is 0.190. The van der Waals surface area contributed by atoms with E-state index < -0.39 is 0 Å². The summed E-state index contributed by atoms with van der Waals surface area (Å²) < 4.78 is 5.34. The normalized spacial score (nSPS) is 10.6. The highest BCUT2D eigenvalue weighted by Crippen LogP contribution is 2.17. The van der Waals surface area contributed by atoms with Crippen LogP contribution >= 0.6 is 11.6 Å². The Balaban J connectivity index is 0.000000459. The summed E-state index contributed by atoms with van der Waals surface area (Å²) in [5.41, 5.74) is 8.28. The lowest BCUT2D eigenvalue weighted by Crippen LogP contribution is -1.99. The van der Waals surface area contributed by atoms with Crippen LogP contribution in [0.2, 0.25) is 5.02 Å². The van der Waals surface area contributed by atoms with Crippen LogP contribution in [0.5, 0.6) is 0 Å². The van der Waals surface area contributed by atoms with Gasteiger partial charge in [0.05, 0.1) is 5.57 Å². The van der Waals surface area contributed by atoms with Crippen LogP contribution in [-0.2, 0) is 9.53 Å². The van der Waals surface area contributed by atoms with Crippen LogP contribution in [0.15, 0.2) is 67.0 Å². The van der Waals surface area contributed by atoms with Crippen LogP contribution in [0.4, 0.5) is 5.69 Å². The van der Waals surface area contributed by atoms with Crippen LogP contribution in [0.3, 0.4) is 0 Å². The molecule has 0 unspecified atom stereocenters. The molecule has 0 aromatic heterocycles. The van der Waals surface area contributed by atoms with Crippen molar-refractivity contribution in [2.24, 2.45) is 0 Å². The number of carbonyl (C=O) groups excluding carboxylic acids is 1. The lowest BCUT2D eigenvalue weighted by atomic mass is 10.1. The maximum atomic E-state index is 10.8. The second kappa shape index (κ2) is 11.3. The highest BCUT2D eigenvalue weighted by molar-refractivity contribution is 6.31. The lowest BCUT2D eigenvalue weighted by Gasteiger charge is -2.10. The second-order valence-corrected chi connectivity index (χ2v) is 5.05. The zero-order valence-corrected chi connectivity index (χ0v) is 14.5. The molecular weight excluding hydrogens is 310 g/mol. The monoisotopic (exact) mass is 333 g/mol. The van der Waals surface area contributed by atoms with Crippen molar-refractivity contribution in [2.75, 3.05) is 12.3 Å². The van der Waals surface area contributed by atoms with Gasteiger partial charge in [-0.25, -0.2) is 0 Å². The standard InChI is InChI=1S/C12H16O2.C7H8ClN/c1-5-8-14-12(7-3)11(9-13)10(4)6-2;1-5-2-3-6(9)4-7(5)8/h5-6,9H,1-2,4,7-8H2,3H3;2-4H,9H2,1H3/b12-11-;. The molecule has 0 radical (unpaired) electrons. The summed E-state index contributed by atoms with van der Waals surface area (Å²) in [6.45, 7) is 15.1. The first-order valence-corrected chi connectivity index (χ1v) is 7.54. The number of ether oxygens (including phenoxy) is 1. The molecule has 0 bridgehead atoms. The van der Waals surface area contributed by atoms with Crippen LogP contribution in [0.1, 0.15) is 18.9 Å². The molecule has 1 aromatic rings. The van der Waals surface area contributed by atoms with Crippen molar-refractivity contribution in [3.05, 3.63) is 77.6 Å². The highest BCUT2D eigenvalue weighted by Gasteiger charge is 2.06. The fourth-order valence-corrected chi connectivity index (χ4v) is 1.76. The first kappa shape index (κ1) is 20.7. The molecule has 0 saturated heterocycles. The number of benzene rings is 1. The first-order valence-electron chi connectivity index (χ1n) is 7.16.